The summed E-state index contributed by atoms with van der Waals surface area (Å²) in [6.07, 6.45) is 4.76. The zero-order chi connectivity index (χ0) is 13.8. The molecule has 0 atom stereocenters. The molecule has 1 aliphatic heterocycles. The van der Waals surface area contributed by atoms with Crippen LogP contribution in [0.1, 0.15) is 44.5 Å². The second-order valence-corrected chi connectivity index (χ2v) is 5.38. The Bertz CT molecular complexity index is 422. The van der Waals surface area contributed by atoms with E-state index >= 15 is 0 Å². The largest absolute Gasteiger partial charge is 0.373 e. The van der Waals surface area contributed by atoms with Crippen LogP contribution in [0.15, 0.2) is 0 Å². The normalized spacial score (nSPS) is 16.7. The molecule has 0 aliphatic carbocycles. The van der Waals surface area contributed by atoms with E-state index in [9.17, 15) is 0 Å². The summed E-state index contributed by atoms with van der Waals surface area (Å²) in [4.78, 5) is 11.7. The van der Waals surface area contributed by atoms with Crippen LogP contribution in [-0.2, 0) is 6.42 Å². The summed E-state index contributed by atoms with van der Waals surface area (Å²) in [7, 11) is 1.93. The van der Waals surface area contributed by atoms with E-state index in [1.165, 1.54) is 24.8 Å². The number of rotatable bonds is 4. The van der Waals surface area contributed by atoms with E-state index in [-0.39, 0.29) is 0 Å². The van der Waals surface area contributed by atoms with Crippen LogP contribution in [0.4, 0.5) is 11.6 Å². The summed E-state index contributed by atoms with van der Waals surface area (Å²) in [5.41, 5.74) is 1.18. The Morgan fingerprint density at radius 1 is 1.21 bits per heavy atom. The van der Waals surface area contributed by atoms with Gasteiger partial charge < -0.3 is 10.2 Å². The third-order valence-electron chi connectivity index (χ3n) is 4.21. The molecule has 0 amide bonds. The summed E-state index contributed by atoms with van der Waals surface area (Å²) in [5, 5.41) is 3.19. The van der Waals surface area contributed by atoms with Crippen molar-refractivity contribution in [1.29, 1.82) is 0 Å². The van der Waals surface area contributed by atoms with E-state index in [0.29, 0.717) is 0 Å². The number of anilines is 2. The highest BCUT2D eigenvalue weighted by Crippen LogP contribution is 2.28. The van der Waals surface area contributed by atoms with Gasteiger partial charge in [-0.2, -0.15) is 0 Å². The van der Waals surface area contributed by atoms with E-state index in [0.717, 1.165) is 42.9 Å². The third kappa shape index (κ3) is 2.99. The lowest BCUT2D eigenvalue weighted by atomic mass is 9.94. The molecule has 1 aromatic rings. The Morgan fingerprint density at radius 3 is 2.42 bits per heavy atom. The molecule has 1 aliphatic rings. The third-order valence-corrected chi connectivity index (χ3v) is 4.21. The molecule has 0 radical (unpaired) electrons. The van der Waals surface area contributed by atoms with Crippen LogP contribution in [0.25, 0.3) is 0 Å². The van der Waals surface area contributed by atoms with E-state index < -0.39 is 0 Å². The lowest BCUT2D eigenvalue weighted by molar-refractivity contribution is 0.393. The first-order chi connectivity index (χ1) is 9.19. The Hall–Kier alpha value is -1.32. The molecular formula is C15H26N4. The molecule has 106 valence electrons. The highest BCUT2D eigenvalue weighted by atomic mass is 15.2. The quantitative estimate of drug-likeness (QED) is 0.905. The van der Waals surface area contributed by atoms with Crippen molar-refractivity contribution < 1.29 is 0 Å². The molecule has 1 fully saturated rings. The van der Waals surface area contributed by atoms with Crippen LogP contribution < -0.4 is 10.2 Å². The fourth-order valence-corrected chi connectivity index (χ4v) is 2.81. The van der Waals surface area contributed by atoms with Gasteiger partial charge in [-0.1, -0.05) is 20.3 Å². The second-order valence-electron chi connectivity index (χ2n) is 5.38. The first kappa shape index (κ1) is 14.1. The molecule has 1 saturated heterocycles. The van der Waals surface area contributed by atoms with E-state index in [2.05, 4.69) is 36.0 Å². The van der Waals surface area contributed by atoms with Crippen molar-refractivity contribution in [3.8, 4) is 0 Å². The van der Waals surface area contributed by atoms with E-state index in [4.69, 9.17) is 4.98 Å². The first-order valence-corrected chi connectivity index (χ1v) is 7.49. The number of piperidine rings is 1. The fourth-order valence-electron chi connectivity index (χ4n) is 2.81. The molecular weight excluding hydrogens is 236 g/mol. The highest BCUT2D eigenvalue weighted by Gasteiger charge is 2.21. The standard InChI is InChI=1S/C15H26N4/c1-5-12-7-9-19(10-8-12)15-11(3)14(16-4)17-13(6-2)18-15/h12H,5-10H2,1-4H3,(H,16,17,18). The van der Waals surface area contributed by atoms with Crippen molar-refractivity contribution in [3.63, 3.8) is 0 Å². The molecule has 4 heteroatoms. The van der Waals surface area contributed by atoms with Crippen molar-refractivity contribution in [1.82, 2.24) is 9.97 Å². The van der Waals surface area contributed by atoms with Gasteiger partial charge in [0, 0.05) is 32.1 Å². The summed E-state index contributed by atoms with van der Waals surface area (Å²) in [5.74, 6) is 3.93. The van der Waals surface area contributed by atoms with Crippen LogP contribution in [0.5, 0.6) is 0 Å². The first-order valence-electron chi connectivity index (χ1n) is 7.49. The Kier molecular flexibility index (Phi) is 4.61. The second kappa shape index (κ2) is 6.22. The number of aryl methyl sites for hydroxylation is 1. The number of hydrogen-bond donors (Lipinski definition) is 1. The van der Waals surface area contributed by atoms with Crippen LogP contribution in [0, 0.1) is 12.8 Å². The van der Waals surface area contributed by atoms with Gasteiger partial charge in [0.05, 0.1) is 0 Å². The van der Waals surface area contributed by atoms with Crippen LogP contribution in [0.2, 0.25) is 0 Å². The number of nitrogens with one attached hydrogen (secondary N) is 1. The topological polar surface area (TPSA) is 41.1 Å². The van der Waals surface area contributed by atoms with Gasteiger partial charge in [0.2, 0.25) is 0 Å². The van der Waals surface area contributed by atoms with Gasteiger partial charge >= 0.3 is 0 Å². The predicted molar refractivity (Wildman–Crippen MR) is 80.9 cm³/mol. The maximum atomic E-state index is 4.75. The molecule has 1 aromatic heterocycles. The van der Waals surface area contributed by atoms with Crippen molar-refractivity contribution >= 4 is 11.6 Å². The molecule has 0 bridgehead atoms. The number of hydrogen-bond acceptors (Lipinski definition) is 4. The van der Waals surface area contributed by atoms with Gasteiger partial charge in [-0.3, -0.25) is 0 Å². The molecule has 0 saturated carbocycles. The van der Waals surface area contributed by atoms with Crippen LogP contribution in [-0.4, -0.2) is 30.1 Å². The Morgan fingerprint density at radius 2 is 1.89 bits per heavy atom. The van der Waals surface area contributed by atoms with Gasteiger partial charge in [-0.25, -0.2) is 9.97 Å². The van der Waals surface area contributed by atoms with Crippen molar-refractivity contribution in [2.24, 2.45) is 5.92 Å². The van der Waals surface area contributed by atoms with Gasteiger partial charge in [0.1, 0.15) is 17.5 Å². The maximum absolute atomic E-state index is 4.75. The maximum Gasteiger partial charge on any atom is 0.137 e. The Labute approximate surface area is 116 Å². The number of aromatic nitrogens is 2. The average Bonchev–Trinajstić information content (AvgIpc) is 2.47. The van der Waals surface area contributed by atoms with Gasteiger partial charge in [-0.05, 0) is 25.7 Å². The van der Waals surface area contributed by atoms with Gasteiger partial charge in [-0.15, -0.1) is 0 Å². The van der Waals surface area contributed by atoms with Gasteiger partial charge in [0.25, 0.3) is 0 Å². The zero-order valence-corrected chi connectivity index (χ0v) is 12.7. The zero-order valence-electron chi connectivity index (χ0n) is 12.7. The SMILES string of the molecule is CCc1nc(NC)c(C)c(N2CCC(CC)CC2)n1. The molecule has 0 spiro atoms. The smallest absolute Gasteiger partial charge is 0.137 e. The van der Waals surface area contributed by atoms with E-state index in [1.54, 1.807) is 0 Å². The molecule has 0 aromatic carbocycles. The number of nitrogens with zero attached hydrogens (tertiary/aromatic N) is 3. The molecule has 2 rings (SSSR count). The summed E-state index contributed by atoms with van der Waals surface area (Å²) >= 11 is 0. The Balaban J connectivity index is 2.24. The van der Waals surface area contributed by atoms with Crippen molar-refractivity contribution in [3.05, 3.63) is 11.4 Å². The molecule has 4 nitrogen and oxygen atoms in total. The van der Waals surface area contributed by atoms with Crippen LogP contribution >= 0.6 is 0 Å². The molecule has 0 unspecified atom stereocenters. The lowest BCUT2D eigenvalue weighted by Crippen LogP contribution is -2.35. The molecule has 19 heavy (non-hydrogen) atoms. The minimum atomic E-state index is 0.882. The summed E-state index contributed by atoms with van der Waals surface area (Å²) < 4.78 is 0. The van der Waals surface area contributed by atoms with Gasteiger partial charge in [0.15, 0.2) is 0 Å². The van der Waals surface area contributed by atoms with Crippen LogP contribution in [0.3, 0.4) is 0 Å². The highest BCUT2D eigenvalue weighted by molar-refractivity contribution is 5.58. The fraction of sp³-hybridized carbons (Fsp3) is 0.733. The molecule has 1 N–H and O–H groups in total. The lowest BCUT2D eigenvalue weighted by Gasteiger charge is -2.33. The monoisotopic (exact) mass is 262 g/mol. The summed E-state index contributed by atoms with van der Waals surface area (Å²) in [6, 6.07) is 0. The molecule has 2 heterocycles. The van der Waals surface area contributed by atoms with Crippen molar-refractivity contribution in [2.45, 2.75) is 46.5 Å². The van der Waals surface area contributed by atoms with E-state index in [1.807, 2.05) is 7.05 Å². The minimum absolute atomic E-state index is 0.882. The van der Waals surface area contributed by atoms with Crippen molar-refractivity contribution in [2.75, 3.05) is 30.4 Å². The average molecular weight is 262 g/mol. The summed E-state index contributed by atoms with van der Waals surface area (Å²) in [6.45, 7) is 8.78. The minimum Gasteiger partial charge on any atom is -0.373 e. The predicted octanol–water partition coefficient (Wildman–Crippen LogP) is 3.02.